The van der Waals surface area contributed by atoms with Gasteiger partial charge >= 0.3 is 5.97 Å². The van der Waals surface area contributed by atoms with Crippen LogP contribution in [0.15, 0.2) is 21.7 Å². The Hall–Kier alpha value is -0.960. The van der Waals surface area contributed by atoms with Gasteiger partial charge in [0.05, 0.1) is 10.3 Å². The monoisotopic (exact) mass is 305 g/mol. The third-order valence-corrected chi connectivity index (χ3v) is 5.54. The lowest BCUT2D eigenvalue weighted by Crippen LogP contribution is -2.46. The number of thiophene rings is 1. The molecule has 2 N–H and O–H groups in total. The van der Waals surface area contributed by atoms with Crippen molar-refractivity contribution in [3.63, 3.8) is 0 Å². The van der Waals surface area contributed by atoms with Crippen molar-refractivity contribution in [2.75, 3.05) is 19.8 Å². The van der Waals surface area contributed by atoms with Gasteiger partial charge in [-0.2, -0.15) is 11.3 Å². The summed E-state index contributed by atoms with van der Waals surface area (Å²) in [7, 11) is -3.63. The highest BCUT2D eigenvalue weighted by atomic mass is 32.2. The van der Waals surface area contributed by atoms with Crippen molar-refractivity contribution in [1.29, 1.82) is 0 Å². The molecule has 1 fully saturated rings. The molecule has 0 unspecified atom stereocenters. The van der Waals surface area contributed by atoms with E-state index < -0.39 is 21.4 Å². The zero-order valence-corrected chi connectivity index (χ0v) is 11.8. The van der Waals surface area contributed by atoms with Crippen molar-refractivity contribution >= 4 is 27.3 Å². The maximum atomic E-state index is 12.0. The van der Waals surface area contributed by atoms with Crippen LogP contribution in [0.5, 0.6) is 0 Å². The number of carbonyl (C=O) groups is 1. The predicted molar refractivity (Wildman–Crippen MR) is 69.6 cm³/mol. The number of ether oxygens (including phenoxy) is 1. The quantitative estimate of drug-likeness (QED) is 0.843. The standard InChI is InChI=1S/C11H15NO5S2/c13-10(14)11(2-4-17-5-3-11)8-12-19(15,16)9-1-6-18-7-9/h1,6-7,12H,2-5,8H2,(H,13,14). The van der Waals surface area contributed by atoms with Gasteiger partial charge < -0.3 is 9.84 Å². The van der Waals surface area contributed by atoms with Crippen LogP contribution in [0.1, 0.15) is 12.8 Å². The number of rotatable bonds is 5. The first-order valence-electron chi connectivity index (χ1n) is 5.79. The van der Waals surface area contributed by atoms with Crippen LogP contribution in [0.3, 0.4) is 0 Å². The SMILES string of the molecule is O=C(O)C1(CNS(=O)(=O)c2ccsc2)CCOCC1. The average molecular weight is 305 g/mol. The largest absolute Gasteiger partial charge is 0.481 e. The van der Waals surface area contributed by atoms with Gasteiger partial charge in [-0.3, -0.25) is 4.79 Å². The topological polar surface area (TPSA) is 92.7 Å². The summed E-state index contributed by atoms with van der Waals surface area (Å²) in [6.45, 7) is 0.572. The second kappa shape index (κ2) is 5.58. The minimum atomic E-state index is -3.63. The van der Waals surface area contributed by atoms with E-state index in [2.05, 4.69) is 4.72 Å². The van der Waals surface area contributed by atoms with E-state index in [0.717, 1.165) is 0 Å². The van der Waals surface area contributed by atoms with Gasteiger partial charge in [0, 0.05) is 25.1 Å². The van der Waals surface area contributed by atoms with Gasteiger partial charge in [-0.25, -0.2) is 13.1 Å². The number of nitrogens with one attached hydrogen (secondary N) is 1. The summed E-state index contributed by atoms with van der Waals surface area (Å²) in [5.41, 5.74) is -1.07. The van der Waals surface area contributed by atoms with Gasteiger partial charge in [-0.1, -0.05) is 0 Å². The Labute approximate surface area is 115 Å². The van der Waals surface area contributed by atoms with Crippen molar-refractivity contribution in [3.05, 3.63) is 16.8 Å². The molecule has 0 spiro atoms. The second-order valence-electron chi connectivity index (χ2n) is 4.48. The predicted octanol–water partition coefficient (Wildman–Crippen LogP) is 0.908. The molecule has 0 aromatic carbocycles. The normalized spacial score (nSPS) is 19.2. The minimum Gasteiger partial charge on any atom is -0.481 e. The molecule has 1 aliphatic rings. The molecule has 0 radical (unpaired) electrons. The molecule has 2 rings (SSSR count). The highest BCUT2D eigenvalue weighted by Gasteiger charge is 2.41. The van der Waals surface area contributed by atoms with Crippen LogP contribution in [0.4, 0.5) is 0 Å². The number of hydrogen-bond donors (Lipinski definition) is 2. The summed E-state index contributed by atoms with van der Waals surface area (Å²) in [6.07, 6.45) is 0.628. The first-order valence-corrected chi connectivity index (χ1v) is 8.22. The Morgan fingerprint density at radius 2 is 2.16 bits per heavy atom. The van der Waals surface area contributed by atoms with Gasteiger partial charge in [0.1, 0.15) is 0 Å². The first kappa shape index (κ1) is 14.4. The lowest BCUT2D eigenvalue weighted by Gasteiger charge is -2.32. The molecule has 6 nitrogen and oxygen atoms in total. The fourth-order valence-electron chi connectivity index (χ4n) is 1.95. The zero-order valence-electron chi connectivity index (χ0n) is 10.2. The third-order valence-electron chi connectivity index (χ3n) is 3.31. The molecule has 1 saturated heterocycles. The van der Waals surface area contributed by atoms with Crippen LogP contribution in [0, 0.1) is 5.41 Å². The molecule has 1 aliphatic heterocycles. The molecule has 8 heteroatoms. The first-order chi connectivity index (χ1) is 8.96. The molecule has 19 heavy (non-hydrogen) atoms. The summed E-state index contributed by atoms with van der Waals surface area (Å²) in [5, 5.41) is 12.5. The lowest BCUT2D eigenvalue weighted by atomic mass is 9.80. The summed E-state index contributed by atoms with van der Waals surface area (Å²) in [4.78, 5) is 11.6. The number of aliphatic carboxylic acids is 1. The highest BCUT2D eigenvalue weighted by molar-refractivity contribution is 7.89. The number of sulfonamides is 1. The van der Waals surface area contributed by atoms with E-state index in [0.29, 0.717) is 26.1 Å². The fourth-order valence-corrected chi connectivity index (χ4v) is 4.11. The lowest BCUT2D eigenvalue weighted by molar-refractivity contribution is -0.154. The van der Waals surface area contributed by atoms with Gasteiger partial charge in [0.15, 0.2) is 0 Å². The van der Waals surface area contributed by atoms with Crippen molar-refractivity contribution in [2.24, 2.45) is 5.41 Å². The van der Waals surface area contributed by atoms with E-state index in [1.165, 1.54) is 22.8 Å². The molecule has 0 bridgehead atoms. The number of carboxylic acids is 1. The Morgan fingerprint density at radius 1 is 1.47 bits per heavy atom. The van der Waals surface area contributed by atoms with Crippen molar-refractivity contribution < 1.29 is 23.1 Å². The average Bonchev–Trinajstić information content (AvgIpc) is 2.92. The van der Waals surface area contributed by atoms with E-state index >= 15 is 0 Å². The van der Waals surface area contributed by atoms with E-state index in [4.69, 9.17) is 4.74 Å². The van der Waals surface area contributed by atoms with Gasteiger partial charge in [0.25, 0.3) is 0 Å². The molecule has 0 aliphatic carbocycles. The third kappa shape index (κ3) is 3.14. The summed E-state index contributed by atoms with van der Waals surface area (Å²) in [6, 6.07) is 1.49. The second-order valence-corrected chi connectivity index (χ2v) is 7.03. The minimum absolute atomic E-state index is 0.107. The molecule has 0 amide bonds. The van der Waals surface area contributed by atoms with Crippen molar-refractivity contribution in [3.8, 4) is 0 Å². The van der Waals surface area contributed by atoms with E-state index in [-0.39, 0.29) is 11.4 Å². The zero-order chi connectivity index (χ0) is 13.9. The molecule has 0 saturated carbocycles. The molecule has 106 valence electrons. The Kier molecular flexibility index (Phi) is 4.24. The molecule has 1 aromatic heterocycles. The van der Waals surface area contributed by atoms with Crippen LogP contribution >= 0.6 is 11.3 Å². The van der Waals surface area contributed by atoms with Crippen LogP contribution in [-0.2, 0) is 19.6 Å². The Morgan fingerprint density at radius 3 is 2.68 bits per heavy atom. The van der Waals surface area contributed by atoms with Crippen LogP contribution in [-0.4, -0.2) is 39.3 Å². The molecular weight excluding hydrogens is 290 g/mol. The molecule has 1 aromatic rings. The van der Waals surface area contributed by atoms with Crippen LogP contribution < -0.4 is 4.72 Å². The van der Waals surface area contributed by atoms with E-state index in [1.807, 2.05) is 0 Å². The molecular formula is C11H15NO5S2. The van der Waals surface area contributed by atoms with Gasteiger partial charge in [0.2, 0.25) is 10.0 Å². The maximum Gasteiger partial charge on any atom is 0.311 e. The Bertz CT molecular complexity index is 531. The number of hydrogen-bond acceptors (Lipinski definition) is 5. The van der Waals surface area contributed by atoms with E-state index in [9.17, 15) is 18.3 Å². The van der Waals surface area contributed by atoms with Gasteiger partial charge in [-0.05, 0) is 24.3 Å². The summed E-state index contributed by atoms with van der Waals surface area (Å²) in [5.74, 6) is -0.983. The van der Waals surface area contributed by atoms with E-state index in [1.54, 1.807) is 5.38 Å². The Balaban J connectivity index is 2.09. The smallest absolute Gasteiger partial charge is 0.311 e. The highest BCUT2D eigenvalue weighted by Crippen LogP contribution is 2.30. The maximum absolute atomic E-state index is 12.0. The molecule has 0 atom stereocenters. The summed E-state index contributed by atoms with van der Waals surface area (Å²) < 4.78 is 31.5. The van der Waals surface area contributed by atoms with Crippen LogP contribution in [0.2, 0.25) is 0 Å². The van der Waals surface area contributed by atoms with Gasteiger partial charge in [-0.15, -0.1) is 0 Å². The number of carboxylic acid groups (broad SMARTS) is 1. The molecule has 2 heterocycles. The van der Waals surface area contributed by atoms with Crippen LogP contribution in [0.25, 0.3) is 0 Å². The fraction of sp³-hybridized carbons (Fsp3) is 0.545. The summed E-state index contributed by atoms with van der Waals surface area (Å²) >= 11 is 1.28. The van der Waals surface area contributed by atoms with Crippen molar-refractivity contribution in [1.82, 2.24) is 4.72 Å². The van der Waals surface area contributed by atoms with Crippen molar-refractivity contribution in [2.45, 2.75) is 17.7 Å².